The average molecular weight is 288 g/mol. The maximum Gasteiger partial charge on any atom is 0.0804 e. The number of fused-ring (bicyclic) bond motifs is 1. The predicted molar refractivity (Wildman–Crippen MR) is 84.0 cm³/mol. The number of benzene rings is 1. The quantitative estimate of drug-likeness (QED) is 0.699. The first-order valence-corrected chi connectivity index (χ1v) is 8.27. The lowest BCUT2D eigenvalue weighted by atomic mass is 10.0. The molecule has 3 heteroatoms. The molecule has 0 bridgehead atoms. The van der Waals surface area contributed by atoms with E-state index in [1.165, 1.54) is 15.0 Å². The minimum atomic E-state index is -0.345. The van der Waals surface area contributed by atoms with Gasteiger partial charge >= 0.3 is 0 Å². The summed E-state index contributed by atoms with van der Waals surface area (Å²) in [6.45, 7) is 0. The maximum atomic E-state index is 10.4. The molecule has 0 radical (unpaired) electrons. The van der Waals surface area contributed by atoms with Crippen molar-refractivity contribution in [1.82, 2.24) is 0 Å². The van der Waals surface area contributed by atoms with Crippen molar-refractivity contribution >= 4 is 32.8 Å². The first-order chi connectivity index (χ1) is 9.34. The molecule has 3 aromatic rings. The summed E-state index contributed by atoms with van der Waals surface area (Å²) in [6.07, 6.45) is 2.58. The summed E-state index contributed by atoms with van der Waals surface area (Å²) in [5, 5.41) is 15.8. The highest BCUT2D eigenvalue weighted by Gasteiger charge is 2.11. The van der Waals surface area contributed by atoms with Gasteiger partial charge in [0.1, 0.15) is 0 Å². The van der Waals surface area contributed by atoms with E-state index >= 15 is 0 Å². The Morgan fingerprint density at radius 1 is 1.00 bits per heavy atom. The highest BCUT2D eigenvalue weighted by molar-refractivity contribution is 7.17. The van der Waals surface area contributed by atoms with Crippen LogP contribution in [0, 0.1) is 0 Å². The van der Waals surface area contributed by atoms with E-state index in [0.717, 1.165) is 24.8 Å². The van der Waals surface area contributed by atoms with E-state index in [1.54, 1.807) is 22.7 Å². The topological polar surface area (TPSA) is 20.2 Å². The number of aliphatic hydroxyl groups excluding tert-OH is 1. The van der Waals surface area contributed by atoms with Crippen LogP contribution in [0.15, 0.2) is 47.2 Å². The van der Waals surface area contributed by atoms with Gasteiger partial charge in [-0.25, -0.2) is 0 Å². The second-order valence-electron chi connectivity index (χ2n) is 4.67. The SMILES string of the molecule is OC(CCCc1cccs1)c1cccc2ccsc12. The Morgan fingerprint density at radius 2 is 1.95 bits per heavy atom. The van der Waals surface area contributed by atoms with E-state index in [-0.39, 0.29) is 6.10 Å². The number of thiophene rings is 2. The monoisotopic (exact) mass is 288 g/mol. The number of aliphatic hydroxyl groups is 1. The first-order valence-electron chi connectivity index (χ1n) is 6.51. The molecule has 1 atom stereocenters. The second kappa shape index (κ2) is 5.87. The molecular weight excluding hydrogens is 272 g/mol. The number of hydrogen-bond acceptors (Lipinski definition) is 3. The number of hydrogen-bond donors (Lipinski definition) is 1. The van der Waals surface area contributed by atoms with E-state index < -0.39 is 0 Å². The van der Waals surface area contributed by atoms with Gasteiger partial charge in [0.05, 0.1) is 6.10 Å². The lowest BCUT2D eigenvalue weighted by Gasteiger charge is -2.11. The van der Waals surface area contributed by atoms with Crippen molar-refractivity contribution in [3.63, 3.8) is 0 Å². The summed E-state index contributed by atoms with van der Waals surface area (Å²) >= 11 is 3.51. The van der Waals surface area contributed by atoms with Crippen LogP contribution in [0.4, 0.5) is 0 Å². The van der Waals surface area contributed by atoms with Crippen molar-refractivity contribution in [1.29, 1.82) is 0 Å². The Morgan fingerprint density at radius 3 is 2.79 bits per heavy atom. The Kier molecular flexibility index (Phi) is 3.97. The van der Waals surface area contributed by atoms with Crippen LogP contribution in [0.1, 0.15) is 29.4 Å². The van der Waals surface area contributed by atoms with Crippen LogP contribution < -0.4 is 0 Å². The summed E-state index contributed by atoms with van der Waals surface area (Å²) in [4.78, 5) is 1.40. The fourth-order valence-corrected chi connectivity index (χ4v) is 4.07. The molecule has 19 heavy (non-hydrogen) atoms. The molecule has 2 aromatic heterocycles. The summed E-state index contributed by atoms with van der Waals surface area (Å²) in [5.41, 5.74) is 1.08. The third-order valence-electron chi connectivity index (χ3n) is 3.35. The van der Waals surface area contributed by atoms with Gasteiger partial charge < -0.3 is 5.11 Å². The molecule has 0 spiro atoms. The summed E-state index contributed by atoms with van der Waals surface area (Å²) in [5.74, 6) is 0. The highest BCUT2D eigenvalue weighted by Crippen LogP contribution is 2.31. The predicted octanol–water partition coefficient (Wildman–Crippen LogP) is 5.02. The molecule has 1 unspecified atom stereocenters. The van der Waals surface area contributed by atoms with Gasteiger partial charge in [-0.15, -0.1) is 22.7 Å². The smallest absolute Gasteiger partial charge is 0.0804 e. The summed E-state index contributed by atoms with van der Waals surface area (Å²) in [7, 11) is 0. The van der Waals surface area contributed by atoms with Gasteiger partial charge in [-0.3, -0.25) is 0 Å². The average Bonchev–Trinajstić information content (AvgIpc) is 3.08. The largest absolute Gasteiger partial charge is 0.388 e. The molecule has 1 aromatic carbocycles. The first kappa shape index (κ1) is 12.9. The molecule has 0 aliphatic carbocycles. The van der Waals surface area contributed by atoms with Gasteiger partial charge in [-0.2, -0.15) is 0 Å². The molecule has 0 fully saturated rings. The Bertz CT molecular complexity index is 640. The van der Waals surface area contributed by atoms with E-state index in [1.807, 2.05) is 6.07 Å². The van der Waals surface area contributed by atoms with Crippen molar-refractivity contribution in [3.05, 3.63) is 57.6 Å². The molecule has 0 saturated heterocycles. The van der Waals surface area contributed by atoms with Crippen LogP contribution in [0.25, 0.3) is 10.1 Å². The Balaban J connectivity index is 1.66. The number of rotatable bonds is 5. The van der Waals surface area contributed by atoms with E-state index in [4.69, 9.17) is 0 Å². The van der Waals surface area contributed by atoms with Gasteiger partial charge in [0.15, 0.2) is 0 Å². The minimum absolute atomic E-state index is 0.345. The third-order valence-corrected chi connectivity index (χ3v) is 5.26. The highest BCUT2D eigenvalue weighted by atomic mass is 32.1. The third kappa shape index (κ3) is 2.89. The van der Waals surface area contributed by atoms with Crippen molar-refractivity contribution in [3.8, 4) is 0 Å². The standard InChI is InChI=1S/C16H16OS2/c17-15(8-2-5-13-6-3-10-18-13)14-7-1-4-12-9-11-19-16(12)14/h1,3-4,6-7,9-11,15,17H,2,5,8H2. The zero-order chi connectivity index (χ0) is 13.1. The van der Waals surface area contributed by atoms with Crippen LogP contribution in [-0.2, 0) is 6.42 Å². The zero-order valence-corrected chi connectivity index (χ0v) is 12.2. The fraction of sp³-hybridized carbons (Fsp3) is 0.250. The second-order valence-corrected chi connectivity index (χ2v) is 6.62. The maximum absolute atomic E-state index is 10.4. The molecular formula is C16H16OS2. The van der Waals surface area contributed by atoms with Crippen LogP contribution in [0.3, 0.4) is 0 Å². The lowest BCUT2D eigenvalue weighted by Crippen LogP contribution is -1.98. The van der Waals surface area contributed by atoms with Crippen molar-refractivity contribution in [2.24, 2.45) is 0 Å². The van der Waals surface area contributed by atoms with Crippen LogP contribution in [0.5, 0.6) is 0 Å². The molecule has 98 valence electrons. The number of aryl methyl sites for hydroxylation is 1. The van der Waals surface area contributed by atoms with Gasteiger partial charge in [0.25, 0.3) is 0 Å². The fourth-order valence-electron chi connectivity index (χ4n) is 2.36. The Hall–Kier alpha value is -1.16. The van der Waals surface area contributed by atoms with E-state index in [0.29, 0.717) is 0 Å². The molecule has 0 aliphatic heterocycles. The van der Waals surface area contributed by atoms with Crippen molar-refractivity contribution in [2.45, 2.75) is 25.4 Å². The molecule has 0 saturated carbocycles. The molecule has 3 rings (SSSR count). The Labute approximate surface area is 121 Å². The zero-order valence-electron chi connectivity index (χ0n) is 10.6. The summed E-state index contributed by atoms with van der Waals surface area (Å²) in [6, 6.07) is 12.6. The van der Waals surface area contributed by atoms with Gasteiger partial charge in [-0.1, -0.05) is 24.3 Å². The molecule has 0 aliphatic rings. The van der Waals surface area contributed by atoms with Crippen LogP contribution >= 0.6 is 22.7 Å². The van der Waals surface area contributed by atoms with E-state index in [9.17, 15) is 5.11 Å². The molecule has 1 N–H and O–H groups in total. The lowest BCUT2D eigenvalue weighted by molar-refractivity contribution is 0.166. The van der Waals surface area contributed by atoms with Crippen molar-refractivity contribution in [2.75, 3.05) is 0 Å². The van der Waals surface area contributed by atoms with Crippen LogP contribution in [-0.4, -0.2) is 5.11 Å². The van der Waals surface area contributed by atoms with Gasteiger partial charge in [0, 0.05) is 9.58 Å². The summed E-state index contributed by atoms with van der Waals surface area (Å²) < 4.78 is 1.23. The van der Waals surface area contributed by atoms with Crippen molar-refractivity contribution < 1.29 is 5.11 Å². The van der Waals surface area contributed by atoms with E-state index in [2.05, 4.69) is 41.1 Å². The molecule has 2 heterocycles. The van der Waals surface area contributed by atoms with Gasteiger partial charge in [0.2, 0.25) is 0 Å². The normalized spacial score (nSPS) is 12.9. The van der Waals surface area contributed by atoms with Crippen LogP contribution in [0.2, 0.25) is 0 Å². The molecule has 0 amide bonds. The minimum Gasteiger partial charge on any atom is -0.388 e. The molecule has 1 nitrogen and oxygen atoms in total. The van der Waals surface area contributed by atoms with Gasteiger partial charge in [-0.05, 0) is 53.1 Å².